The third kappa shape index (κ3) is 4.95. The lowest BCUT2D eigenvalue weighted by Gasteiger charge is -2.34. The largest absolute Gasteiger partial charge is 0.461 e. The van der Waals surface area contributed by atoms with Gasteiger partial charge in [-0.3, -0.25) is 14.5 Å². The van der Waals surface area contributed by atoms with E-state index in [2.05, 4.69) is 5.32 Å². The quantitative estimate of drug-likeness (QED) is 0.840. The number of rotatable bonds is 6. The number of halogens is 1. The van der Waals surface area contributed by atoms with Gasteiger partial charge in [-0.1, -0.05) is 12.1 Å². The Morgan fingerprint density at radius 1 is 1.11 bits per heavy atom. The number of furan rings is 1. The van der Waals surface area contributed by atoms with Gasteiger partial charge in [0.15, 0.2) is 0 Å². The number of piperazine rings is 1. The van der Waals surface area contributed by atoms with Gasteiger partial charge in [-0.05, 0) is 24.3 Å². The summed E-state index contributed by atoms with van der Waals surface area (Å²) in [5.74, 6) is 0.860. The molecule has 27 heavy (non-hydrogen) atoms. The highest BCUT2D eigenvalue weighted by Crippen LogP contribution is 2.25. The van der Waals surface area contributed by atoms with E-state index >= 15 is 0 Å². The second-order valence-electron chi connectivity index (χ2n) is 6.58. The number of hydrogen-bond donors (Lipinski definition) is 1. The molecule has 1 aromatic heterocycles. The number of nitrogens with zero attached hydrogens (tertiary/aromatic N) is 2. The van der Waals surface area contributed by atoms with Crippen LogP contribution in [0.1, 0.15) is 12.2 Å². The zero-order chi connectivity index (χ0) is 19.2. The van der Waals surface area contributed by atoms with Crippen LogP contribution < -0.4 is 5.32 Å². The first kappa shape index (κ1) is 19.1. The maximum Gasteiger partial charge on any atom is 0.233 e. The van der Waals surface area contributed by atoms with E-state index in [1.165, 1.54) is 6.07 Å². The molecule has 0 aliphatic carbocycles. The fraction of sp³-hybridized carbons (Fsp3) is 0.400. The highest BCUT2D eigenvalue weighted by molar-refractivity contribution is 5.78. The number of carbonyl (C=O) groups is 2. The van der Waals surface area contributed by atoms with Crippen LogP contribution in [0.4, 0.5) is 4.39 Å². The summed E-state index contributed by atoms with van der Waals surface area (Å²) in [6.07, 6.45) is 0.825. The zero-order valence-corrected chi connectivity index (χ0v) is 15.4. The summed E-state index contributed by atoms with van der Waals surface area (Å²) in [6.45, 7) is 2.99. The van der Waals surface area contributed by atoms with Crippen LogP contribution in [0.15, 0.2) is 40.8 Å². The topological polar surface area (TPSA) is 65.8 Å². The van der Waals surface area contributed by atoms with E-state index in [1.807, 2.05) is 9.80 Å². The van der Waals surface area contributed by atoms with E-state index in [9.17, 15) is 14.0 Å². The van der Waals surface area contributed by atoms with Crippen molar-refractivity contribution in [1.29, 1.82) is 0 Å². The van der Waals surface area contributed by atoms with Gasteiger partial charge in [-0.15, -0.1) is 0 Å². The molecule has 2 amide bonds. The van der Waals surface area contributed by atoms with E-state index in [-0.39, 0.29) is 17.6 Å². The predicted octanol–water partition coefficient (Wildman–Crippen LogP) is 1.91. The van der Waals surface area contributed by atoms with Gasteiger partial charge in [0.2, 0.25) is 11.8 Å². The van der Waals surface area contributed by atoms with Crippen molar-refractivity contribution in [1.82, 2.24) is 15.1 Å². The molecule has 1 fully saturated rings. The molecule has 0 atom stereocenters. The molecule has 0 spiro atoms. The van der Waals surface area contributed by atoms with Crippen molar-refractivity contribution in [3.05, 3.63) is 48.0 Å². The average Bonchev–Trinajstić information content (AvgIpc) is 3.15. The van der Waals surface area contributed by atoms with Crippen LogP contribution in [-0.4, -0.2) is 61.4 Å². The Morgan fingerprint density at radius 2 is 1.85 bits per heavy atom. The van der Waals surface area contributed by atoms with Gasteiger partial charge in [0, 0.05) is 46.1 Å². The van der Waals surface area contributed by atoms with Gasteiger partial charge < -0.3 is 14.6 Å². The maximum atomic E-state index is 13.8. The molecule has 144 valence electrons. The van der Waals surface area contributed by atoms with E-state index < -0.39 is 0 Å². The molecule has 2 heterocycles. The van der Waals surface area contributed by atoms with Gasteiger partial charge in [0.05, 0.1) is 12.1 Å². The molecule has 1 N–H and O–H groups in total. The minimum atomic E-state index is -0.330. The summed E-state index contributed by atoms with van der Waals surface area (Å²) in [4.78, 5) is 27.7. The summed E-state index contributed by atoms with van der Waals surface area (Å²) in [7, 11) is 1.62. The standard InChI is InChI=1S/C20H24FN3O3/c1-22-19(25)14-23-10-12-24(13-11-23)20(26)9-7-15-6-8-18(27-15)16-4-2-3-5-17(16)21/h2-6,8H,7,9-14H2,1H3,(H,22,25). The number of amides is 2. The Hall–Kier alpha value is -2.67. The van der Waals surface area contributed by atoms with Crippen molar-refractivity contribution >= 4 is 11.8 Å². The summed E-state index contributed by atoms with van der Waals surface area (Å²) in [5, 5.41) is 2.61. The van der Waals surface area contributed by atoms with Crippen molar-refractivity contribution in [2.45, 2.75) is 12.8 Å². The Labute approximate surface area is 157 Å². The molecule has 6 nitrogen and oxygen atoms in total. The van der Waals surface area contributed by atoms with Crippen LogP contribution in [0, 0.1) is 5.82 Å². The lowest BCUT2D eigenvalue weighted by atomic mass is 10.1. The van der Waals surface area contributed by atoms with Crippen LogP contribution in [-0.2, 0) is 16.0 Å². The molecule has 0 unspecified atom stereocenters. The lowest BCUT2D eigenvalue weighted by molar-refractivity contribution is -0.133. The Morgan fingerprint density at radius 3 is 2.56 bits per heavy atom. The highest BCUT2D eigenvalue weighted by atomic mass is 19.1. The molecule has 0 radical (unpaired) electrons. The molecule has 3 rings (SSSR count). The van der Waals surface area contributed by atoms with E-state index in [0.717, 1.165) is 0 Å². The minimum Gasteiger partial charge on any atom is -0.461 e. The predicted molar refractivity (Wildman–Crippen MR) is 99.5 cm³/mol. The van der Waals surface area contributed by atoms with Crippen LogP contribution in [0.3, 0.4) is 0 Å². The first-order valence-electron chi connectivity index (χ1n) is 9.11. The number of likely N-dealkylation sites (N-methyl/N-ethyl adjacent to an activating group) is 1. The fourth-order valence-corrected chi connectivity index (χ4v) is 3.14. The van der Waals surface area contributed by atoms with Crippen molar-refractivity contribution in [2.75, 3.05) is 39.8 Å². The highest BCUT2D eigenvalue weighted by Gasteiger charge is 2.22. The van der Waals surface area contributed by atoms with Crippen molar-refractivity contribution < 1.29 is 18.4 Å². The average molecular weight is 373 g/mol. The van der Waals surface area contributed by atoms with E-state index in [4.69, 9.17) is 4.42 Å². The van der Waals surface area contributed by atoms with Crippen molar-refractivity contribution in [3.63, 3.8) is 0 Å². The lowest BCUT2D eigenvalue weighted by Crippen LogP contribution is -2.50. The SMILES string of the molecule is CNC(=O)CN1CCN(C(=O)CCc2ccc(-c3ccccc3F)o2)CC1. The number of benzene rings is 1. The molecule has 7 heteroatoms. The molecule has 1 saturated heterocycles. The number of carbonyl (C=O) groups excluding carboxylic acids is 2. The van der Waals surface area contributed by atoms with Gasteiger partial charge in [-0.25, -0.2) is 4.39 Å². The molecule has 0 bridgehead atoms. The van der Waals surface area contributed by atoms with Gasteiger partial charge in [-0.2, -0.15) is 0 Å². The number of nitrogens with one attached hydrogen (secondary N) is 1. The minimum absolute atomic E-state index is 0.0155. The number of aryl methyl sites for hydroxylation is 1. The van der Waals surface area contributed by atoms with E-state index in [1.54, 1.807) is 37.4 Å². The van der Waals surface area contributed by atoms with E-state index in [0.29, 0.717) is 62.6 Å². The molecule has 2 aromatic rings. The number of hydrogen-bond acceptors (Lipinski definition) is 4. The molecule has 0 saturated carbocycles. The summed E-state index contributed by atoms with van der Waals surface area (Å²) >= 11 is 0. The maximum absolute atomic E-state index is 13.8. The monoisotopic (exact) mass is 373 g/mol. The third-order valence-electron chi connectivity index (χ3n) is 4.76. The Bertz CT molecular complexity index is 797. The molecule has 1 aliphatic rings. The molecule has 1 aromatic carbocycles. The fourth-order valence-electron chi connectivity index (χ4n) is 3.14. The van der Waals surface area contributed by atoms with Gasteiger partial charge in [0.1, 0.15) is 17.3 Å². The van der Waals surface area contributed by atoms with Crippen LogP contribution >= 0.6 is 0 Å². The zero-order valence-electron chi connectivity index (χ0n) is 15.4. The first-order chi connectivity index (χ1) is 13.1. The smallest absolute Gasteiger partial charge is 0.233 e. The second-order valence-corrected chi connectivity index (χ2v) is 6.58. The first-order valence-corrected chi connectivity index (χ1v) is 9.11. The molecule has 1 aliphatic heterocycles. The summed E-state index contributed by atoms with van der Waals surface area (Å²) in [6, 6.07) is 9.97. The summed E-state index contributed by atoms with van der Waals surface area (Å²) < 4.78 is 19.5. The van der Waals surface area contributed by atoms with Crippen molar-refractivity contribution in [3.8, 4) is 11.3 Å². The van der Waals surface area contributed by atoms with Crippen LogP contribution in [0.2, 0.25) is 0 Å². The van der Waals surface area contributed by atoms with Crippen molar-refractivity contribution in [2.24, 2.45) is 0 Å². The Balaban J connectivity index is 1.48. The van der Waals surface area contributed by atoms with Crippen LogP contribution in [0.5, 0.6) is 0 Å². The van der Waals surface area contributed by atoms with Gasteiger partial charge in [0.25, 0.3) is 0 Å². The van der Waals surface area contributed by atoms with Gasteiger partial charge >= 0.3 is 0 Å². The van der Waals surface area contributed by atoms with Crippen LogP contribution in [0.25, 0.3) is 11.3 Å². The molecular weight excluding hydrogens is 349 g/mol. The normalized spacial score (nSPS) is 15.0. The molecular formula is C20H24FN3O3. The third-order valence-corrected chi connectivity index (χ3v) is 4.76. The summed E-state index contributed by atoms with van der Waals surface area (Å²) in [5.41, 5.74) is 0.419. The Kier molecular flexibility index (Phi) is 6.24. The second kappa shape index (κ2) is 8.81.